The van der Waals surface area contributed by atoms with E-state index in [1.54, 1.807) is 24.3 Å². The Bertz CT molecular complexity index is 575. The van der Waals surface area contributed by atoms with E-state index in [2.05, 4.69) is 5.32 Å². The zero-order valence-electron chi connectivity index (χ0n) is 14.5. The normalized spacial score (nSPS) is 32.6. The van der Waals surface area contributed by atoms with Crippen molar-refractivity contribution in [3.05, 3.63) is 29.3 Å². The van der Waals surface area contributed by atoms with E-state index in [1.165, 1.54) is 32.1 Å². The van der Waals surface area contributed by atoms with E-state index in [9.17, 15) is 4.79 Å². The van der Waals surface area contributed by atoms with Gasteiger partial charge in [-0.05, 0) is 68.2 Å². The monoisotopic (exact) mass is 364 g/mol. The molecule has 4 aliphatic carbocycles. The van der Waals surface area contributed by atoms with Crippen molar-refractivity contribution in [2.45, 2.75) is 38.1 Å². The van der Waals surface area contributed by atoms with Gasteiger partial charge >= 0.3 is 5.97 Å². The summed E-state index contributed by atoms with van der Waals surface area (Å²) in [7, 11) is 0. The van der Waals surface area contributed by atoms with Crippen molar-refractivity contribution in [2.75, 3.05) is 19.8 Å². The Balaban J connectivity index is 1.14. The molecule has 4 fully saturated rings. The Morgan fingerprint density at radius 1 is 1.04 bits per heavy atom. The van der Waals surface area contributed by atoms with Gasteiger partial charge in [0.15, 0.2) is 6.61 Å². The predicted molar refractivity (Wildman–Crippen MR) is 95.5 cm³/mol. The summed E-state index contributed by atoms with van der Waals surface area (Å²) in [5.41, 5.74) is 0. The van der Waals surface area contributed by atoms with Gasteiger partial charge in [-0.15, -0.1) is 0 Å². The summed E-state index contributed by atoms with van der Waals surface area (Å²) < 4.78 is 10.7. The number of nitrogens with two attached hydrogens (primary N) is 1. The zero-order chi connectivity index (χ0) is 17.2. The Hall–Kier alpha value is -1.26. The van der Waals surface area contributed by atoms with Gasteiger partial charge in [0.2, 0.25) is 0 Å². The predicted octanol–water partition coefficient (Wildman–Crippen LogP) is 2.65. The fraction of sp³-hybridized carbons (Fsp3) is 0.650. The third kappa shape index (κ3) is 4.12. The van der Waals surface area contributed by atoms with Crippen LogP contribution in [0.5, 0.6) is 5.75 Å². The highest BCUT2D eigenvalue weighted by Crippen LogP contribution is 2.52. The van der Waals surface area contributed by atoms with E-state index in [-0.39, 0.29) is 12.6 Å². The molecular weight excluding hydrogens is 338 g/mol. The van der Waals surface area contributed by atoms with Crippen molar-refractivity contribution in [1.82, 2.24) is 0 Å². The van der Waals surface area contributed by atoms with Crippen molar-refractivity contribution in [3.8, 4) is 5.75 Å². The van der Waals surface area contributed by atoms with Crippen LogP contribution in [0.1, 0.15) is 32.1 Å². The first-order valence-electron chi connectivity index (χ1n) is 9.54. The zero-order valence-corrected chi connectivity index (χ0v) is 15.3. The first-order chi connectivity index (χ1) is 12.2. The van der Waals surface area contributed by atoms with E-state index >= 15 is 0 Å². The maximum absolute atomic E-state index is 11.8. The molecule has 4 bridgehead atoms. The van der Waals surface area contributed by atoms with Crippen LogP contribution in [0, 0.1) is 23.7 Å². The van der Waals surface area contributed by atoms with Gasteiger partial charge < -0.3 is 14.8 Å². The van der Waals surface area contributed by atoms with Gasteiger partial charge in [-0.1, -0.05) is 11.6 Å². The van der Waals surface area contributed by atoms with Crippen molar-refractivity contribution >= 4 is 17.6 Å². The van der Waals surface area contributed by atoms with E-state index in [0.29, 0.717) is 17.4 Å². The molecule has 1 aromatic carbocycles. The average molecular weight is 365 g/mol. The summed E-state index contributed by atoms with van der Waals surface area (Å²) in [6.07, 6.45) is 7.22. The smallest absolute Gasteiger partial charge is 0.344 e. The number of hydrogen-bond donors (Lipinski definition) is 1. The van der Waals surface area contributed by atoms with E-state index in [4.69, 9.17) is 21.1 Å². The van der Waals surface area contributed by atoms with Gasteiger partial charge in [-0.3, -0.25) is 0 Å². The molecule has 25 heavy (non-hydrogen) atoms. The lowest BCUT2D eigenvalue weighted by atomic mass is 9.54. The number of quaternary nitrogens is 1. The highest BCUT2D eigenvalue weighted by molar-refractivity contribution is 6.30. The minimum atomic E-state index is -0.312. The molecule has 5 heteroatoms. The van der Waals surface area contributed by atoms with Crippen molar-refractivity contribution in [1.29, 1.82) is 0 Å². The Morgan fingerprint density at radius 2 is 1.68 bits per heavy atom. The number of ether oxygens (including phenoxy) is 2. The van der Waals surface area contributed by atoms with Gasteiger partial charge in [0, 0.05) is 16.9 Å². The van der Waals surface area contributed by atoms with Crippen LogP contribution in [-0.2, 0) is 9.53 Å². The van der Waals surface area contributed by atoms with Crippen LogP contribution in [-0.4, -0.2) is 31.8 Å². The molecule has 0 amide bonds. The van der Waals surface area contributed by atoms with Gasteiger partial charge in [-0.25, -0.2) is 4.79 Å². The highest BCUT2D eigenvalue weighted by Gasteiger charge is 2.49. The molecule has 0 spiro atoms. The minimum Gasteiger partial charge on any atom is -0.482 e. The average Bonchev–Trinajstić information content (AvgIpc) is 2.59. The molecule has 5 rings (SSSR count). The second-order valence-corrected chi connectivity index (χ2v) is 8.43. The number of carbonyl (C=O) groups excluding carboxylic acids is 1. The largest absolute Gasteiger partial charge is 0.482 e. The molecule has 0 heterocycles. The Labute approximate surface area is 154 Å². The van der Waals surface area contributed by atoms with Gasteiger partial charge in [0.25, 0.3) is 0 Å². The fourth-order valence-electron chi connectivity index (χ4n) is 5.50. The lowest BCUT2D eigenvalue weighted by Crippen LogP contribution is -2.95. The standard InChI is InChI=1S/C20H26ClNO3/c21-17-1-3-18(4-2-17)25-12-19(23)24-6-5-22-20-15-8-13-7-14(10-15)11-16(20)9-13/h1-4,13-16,20,22H,5-12H2/p+1. The van der Waals surface area contributed by atoms with Crippen LogP contribution in [0.15, 0.2) is 24.3 Å². The van der Waals surface area contributed by atoms with Crippen LogP contribution in [0.3, 0.4) is 0 Å². The Kier molecular flexibility index (Phi) is 5.18. The molecule has 136 valence electrons. The quantitative estimate of drug-likeness (QED) is 0.597. The second-order valence-electron chi connectivity index (χ2n) is 8.00. The maximum atomic E-state index is 11.8. The summed E-state index contributed by atoms with van der Waals surface area (Å²) in [6.45, 7) is 1.27. The number of benzene rings is 1. The van der Waals surface area contributed by atoms with Gasteiger partial charge in [-0.2, -0.15) is 0 Å². The van der Waals surface area contributed by atoms with Crippen LogP contribution in [0.4, 0.5) is 0 Å². The molecule has 0 unspecified atom stereocenters. The first-order valence-corrected chi connectivity index (χ1v) is 9.92. The first kappa shape index (κ1) is 17.2. The molecule has 0 saturated heterocycles. The van der Waals surface area contributed by atoms with Crippen molar-refractivity contribution in [2.24, 2.45) is 23.7 Å². The fourth-order valence-corrected chi connectivity index (χ4v) is 5.63. The molecule has 0 atom stereocenters. The van der Waals surface area contributed by atoms with E-state index < -0.39 is 0 Å². The minimum absolute atomic E-state index is 0.0559. The second kappa shape index (κ2) is 7.55. The number of halogens is 1. The van der Waals surface area contributed by atoms with Crippen LogP contribution < -0.4 is 10.1 Å². The van der Waals surface area contributed by atoms with Gasteiger partial charge in [0.1, 0.15) is 18.9 Å². The SMILES string of the molecule is O=C(COc1ccc(Cl)cc1)OCC[NH2+]C1C2CC3CC(C2)CC1C3. The van der Waals surface area contributed by atoms with Crippen LogP contribution in [0.2, 0.25) is 5.02 Å². The third-order valence-corrected chi connectivity index (χ3v) is 6.54. The number of esters is 1. The van der Waals surface area contributed by atoms with Crippen molar-refractivity contribution in [3.63, 3.8) is 0 Å². The molecule has 4 saturated carbocycles. The van der Waals surface area contributed by atoms with Crippen molar-refractivity contribution < 1.29 is 19.6 Å². The molecule has 0 aliphatic heterocycles. The molecule has 4 aliphatic rings. The van der Waals surface area contributed by atoms with Crippen LogP contribution in [0.25, 0.3) is 0 Å². The van der Waals surface area contributed by atoms with Crippen LogP contribution >= 0.6 is 11.6 Å². The van der Waals surface area contributed by atoms with E-state index in [0.717, 1.165) is 36.3 Å². The molecule has 0 radical (unpaired) electrons. The maximum Gasteiger partial charge on any atom is 0.344 e. The molecule has 2 N–H and O–H groups in total. The molecule has 1 aromatic rings. The molecular formula is C20H27ClNO3+. The summed E-state index contributed by atoms with van der Waals surface area (Å²) in [5.74, 6) is 4.14. The topological polar surface area (TPSA) is 52.1 Å². The summed E-state index contributed by atoms with van der Waals surface area (Å²) in [6, 6.07) is 7.73. The summed E-state index contributed by atoms with van der Waals surface area (Å²) in [4.78, 5) is 11.8. The van der Waals surface area contributed by atoms with Gasteiger partial charge in [0.05, 0.1) is 6.04 Å². The van der Waals surface area contributed by atoms with E-state index in [1.807, 2.05) is 0 Å². The summed E-state index contributed by atoms with van der Waals surface area (Å²) >= 11 is 5.82. The number of carbonyl (C=O) groups is 1. The highest BCUT2D eigenvalue weighted by atomic mass is 35.5. The number of hydrogen-bond acceptors (Lipinski definition) is 3. The summed E-state index contributed by atoms with van der Waals surface area (Å²) in [5, 5.41) is 3.09. The lowest BCUT2D eigenvalue weighted by molar-refractivity contribution is -0.709. The number of rotatable bonds is 7. The molecule has 4 nitrogen and oxygen atoms in total. The lowest BCUT2D eigenvalue weighted by Gasteiger charge is -2.52. The third-order valence-electron chi connectivity index (χ3n) is 6.29. The Morgan fingerprint density at radius 3 is 2.32 bits per heavy atom. The molecule has 0 aromatic heterocycles.